The zero-order chi connectivity index (χ0) is 14.8. The molecule has 1 unspecified atom stereocenters. The number of piperidine rings is 1. The number of hydrogen-bond acceptors (Lipinski definition) is 3. The van der Waals surface area contributed by atoms with E-state index in [-0.39, 0.29) is 17.1 Å². The molecule has 2 aliphatic heterocycles. The highest BCUT2D eigenvalue weighted by molar-refractivity contribution is 8.01. The quantitative estimate of drug-likeness (QED) is 0.914. The molecule has 5 heteroatoms. The summed E-state index contributed by atoms with van der Waals surface area (Å²) in [6.07, 6.45) is 2.43. The third-order valence-corrected chi connectivity index (χ3v) is 5.48. The van der Waals surface area contributed by atoms with E-state index in [4.69, 9.17) is 0 Å². The van der Waals surface area contributed by atoms with Crippen LogP contribution in [-0.2, 0) is 9.59 Å². The Morgan fingerprint density at radius 1 is 1.33 bits per heavy atom. The van der Waals surface area contributed by atoms with Gasteiger partial charge in [-0.3, -0.25) is 9.59 Å². The van der Waals surface area contributed by atoms with E-state index in [0.29, 0.717) is 12.3 Å². The van der Waals surface area contributed by atoms with E-state index in [2.05, 4.69) is 12.2 Å². The first-order valence-electron chi connectivity index (χ1n) is 7.48. The van der Waals surface area contributed by atoms with Gasteiger partial charge in [0.1, 0.15) is 0 Å². The molecule has 0 saturated carbocycles. The lowest BCUT2D eigenvalue weighted by Gasteiger charge is -2.32. The van der Waals surface area contributed by atoms with Gasteiger partial charge in [-0.05, 0) is 30.9 Å². The molecule has 1 N–H and O–H groups in total. The lowest BCUT2D eigenvalue weighted by molar-refractivity contribution is -0.133. The molecule has 3 rings (SSSR count). The first kappa shape index (κ1) is 14.4. The van der Waals surface area contributed by atoms with Crippen molar-refractivity contribution in [3.8, 4) is 0 Å². The van der Waals surface area contributed by atoms with Crippen LogP contribution in [-0.4, -0.2) is 35.1 Å². The van der Waals surface area contributed by atoms with E-state index in [0.717, 1.165) is 36.5 Å². The van der Waals surface area contributed by atoms with Crippen LogP contribution in [0.2, 0.25) is 0 Å². The molecule has 2 aliphatic rings. The zero-order valence-corrected chi connectivity index (χ0v) is 13.0. The largest absolute Gasteiger partial charge is 0.343 e. The van der Waals surface area contributed by atoms with Gasteiger partial charge in [0.25, 0.3) is 0 Å². The van der Waals surface area contributed by atoms with Crippen molar-refractivity contribution in [3.05, 3.63) is 24.3 Å². The number of para-hydroxylation sites is 1. The third kappa shape index (κ3) is 3.23. The highest BCUT2D eigenvalue weighted by Gasteiger charge is 2.31. The summed E-state index contributed by atoms with van der Waals surface area (Å²) >= 11 is 1.50. The Morgan fingerprint density at radius 2 is 2.05 bits per heavy atom. The Bertz CT molecular complexity index is 553. The number of nitrogens with zero attached hydrogens (tertiary/aromatic N) is 1. The summed E-state index contributed by atoms with van der Waals surface area (Å²) in [4.78, 5) is 27.4. The Balaban J connectivity index is 1.63. The second-order valence-corrected chi connectivity index (χ2v) is 7.10. The molecule has 1 aromatic rings. The number of nitrogens with one attached hydrogen (secondary N) is 1. The summed E-state index contributed by atoms with van der Waals surface area (Å²) in [6.45, 7) is 3.88. The van der Waals surface area contributed by atoms with Gasteiger partial charge in [-0.25, -0.2) is 0 Å². The van der Waals surface area contributed by atoms with E-state index in [1.807, 2.05) is 29.2 Å². The van der Waals surface area contributed by atoms with E-state index in [1.54, 1.807) is 0 Å². The topological polar surface area (TPSA) is 49.4 Å². The molecule has 1 fully saturated rings. The minimum absolute atomic E-state index is 0.0579. The molecular weight excluding hydrogens is 284 g/mol. The normalized spacial score (nSPS) is 22.6. The molecule has 0 aliphatic carbocycles. The highest BCUT2D eigenvalue weighted by Crippen LogP contribution is 2.36. The molecule has 1 atom stereocenters. The van der Waals surface area contributed by atoms with Gasteiger partial charge >= 0.3 is 0 Å². The number of carbonyl (C=O) groups is 2. The number of amides is 2. The zero-order valence-electron chi connectivity index (χ0n) is 12.2. The molecule has 1 aromatic carbocycles. The Labute approximate surface area is 129 Å². The lowest BCUT2D eigenvalue weighted by Crippen LogP contribution is -2.41. The van der Waals surface area contributed by atoms with Crippen LogP contribution in [0, 0.1) is 5.92 Å². The molecule has 112 valence electrons. The molecule has 0 spiro atoms. The van der Waals surface area contributed by atoms with E-state index < -0.39 is 0 Å². The molecule has 0 aromatic heterocycles. The van der Waals surface area contributed by atoms with Crippen molar-refractivity contribution >= 4 is 29.3 Å². The average Bonchev–Trinajstić information content (AvgIpc) is 2.48. The van der Waals surface area contributed by atoms with Crippen molar-refractivity contribution in [3.63, 3.8) is 0 Å². The van der Waals surface area contributed by atoms with E-state index in [9.17, 15) is 9.59 Å². The van der Waals surface area contributed by atoms with E-state index >= 15 is 0 Å². The second kappa shape index (κ2) is 6.10. The van der Waals surface area contributed by atoms with Crippen LogP contribution in [0.15, 0.2) is 29.2 Å². The van der Waals surface area contributed by atoms with Gasteiger partial charge in [-0.2, -0.15) is 0 Å². The maximum Gasteiger partial charge on any atom is 0.238 e. The van der Waals surface area contributed by atoms with Gasteiger partial charge < -0.3 is 10.2 Å². The first-order chi connectivity index (χ1) is 10.1. The van der Waals surface area contributed by atoms with Gasteiger partial charge in [0, 0.05) is 24.4 Å². The summed E-state index contributed by atoms with van der Waals surface area (Å²) in [6, 6.07) is 7.73. The molecule has 4 nitrogen and oxygen atoms in total. The number of thioether (sulfide) groups is 1. The molecule has 2 heterocycles. The number of carbonyl (C=O) groups excluding carboxylic acids is 2. The van der Waals surface area contributed by atoms with Crippen molar-refractivity contribution in [2.45, 2.75) is 36.3 Å². The van der Waals surface area contributed by atoms with Crippen LogP contribution in [0.5, 0.6) is 0 Å². The smallest absolute Gasteiger partial charge is 0.238 e. The fourth-order valence-electron chi connectivity index (χ4n) is 2.77. The molecule has 1 saturated heterocycles. The third-order valence-electron chi connectivity index (χ3n) is 4.20. The average molecular weight is 304 g/mol. The van der Waals surface area contributed by atoms with Crippen molar-refractivity contribution in [1.29, 1.82) is 0 Å². The van der Waals surface area contributed by atoms with Gasteiger partial charge in [-0.15, -0.1) is 11.8 Å². The van der Waals surface area contributed by atoms with Gasteiger partial charge in [0.05, 0.1) is 10.9 Å². The van der Waals surface area contributed by atoms with Crippen LogP contribution in [0.4, 0.5) is 5.69 Å². The Morgan fingerprint density at radius 3 is 2.81 bits per heavy atom. The van der Waals surface area contributed by atoms with Crippen molar-refractivity contribution in [1.82, 2.24) is 4.90 Å². The standard InChI is InChI=1S/C16H20N2O2S/c1-11-6-8-18(9-7-11)15(19)10-14-16(20)17-12-4-2-3-5-13(12)21-14/h2-5,11,14H,6-10H2,1H3,(H,17,20). The van der Waals surface area contributed by atoms with E-state index in [1.165, 1.54) is 11.8 Å². The van der Waals surface area contributed by atoms with Crippen LogP contribution < -0.4 is 5.32 Å². The number of likely N-dealkylation sites (tertiary alicyclic amines) is 1. The first-order valence-corrected chi connectivity index (χ1v) is 8.36. The molecule has 2 amide bonds. The van der Waals surface area contributed by atoms with Crippen LogP contribution in [0.3, 0.4) is 0 Å². The summed E-state index contributed by atoms with van der Waals surface area (Å²) < 4.78 is 0. The number of hydrogen-bond donors (Lipinski definition) is 1. The number of fused-ring (bicyclic) bond motifs is 1. The summed E-state index contributed by atoms with van der Waals surface area (Å²) in [7, 11) is 0. The number of anilines is 1. The summed E-state index contributed by atoms with van der Waals surface area (Å²) in [5.41, 5.74) is 0.850. The van der Waals surface area contributed by atoms with Gasteiger partial charge in [0.15, 0.2) is 0 Å². The monoisotopic (exact) mass is 304 g/mol. The second-order valence-electron chi connectivity index (χ2n) is 5.86. The summed E-state index contributed by atoms with van der Waals surface area (Å²) in [5, 5.41) is 2.58. The van der Waals surface area contributed by atoms with Crippen molar-refractivity contribution in [2.75, 3.05) is 18.4 Å². The number of benzene rings is 1. The van der Waals surface area contributed by atoms with Crippen molar-refractivity contribution in [2.24, 2.45) is 5.92 Å². The predicted octanol–water partition coefficient (Wildman–Crippen LogP) is 2.75. The SMILES string of the molecule is CC1CCN(C(=O)CC2Sc3ccccc3NC2=O)CC1. The fourth-order valence-corrected chi connectivity index (χ4v) is 3.87. The molecule has 0 bridgehead atoms. The van der Waals surface area contributed by atoms with Crippen LogP contribution in [0.25, 0.3) is 0 Å². The van der Waals surface area contributed by atoms with Crippen molar-refractivity contribution < 1.29 is 9.59 Å². The Kier molecular flexibility index (Phi) is 4.19. The van der Waals surface area contributed by atoms with Gasteiger partial charge in [0.2, 0.25) is 11.8 Å². The number of rotatable bonds is 2. The Hall–Kier alpha value is -1.49. The van der Waals surface area contributed by atoms with Crippen LogP contribution in [0.1, 0.15) is 26.2 Å². The summed E-state index contributed by atoms with van der Waals surface area (Å²) in [5.74, 6) is 0.750. The minimum atomic E-state index is -0.313. The molecule has 21 heavy (non-hydrogen) atoms. The molecule has 0 radical (unpaired) electrons. The van der Waals surface area contributed by atoms with Crippen LogP contribution >= 0.6 is 11.8 Å². The maximum absolute atomic E-state index is 12.4. The van der Waals surface area contributed by atoms with Gasteiger partial charge in [-0.1, -0.05) is 19.1 Å². The predicted molar refractivity (Wildman–Crippen MR) is 84.3 cm³/mol. The maximum atomic E-state index is 12.4. The fraction of sp³-hybridized carbons (Fsp3) is 0.500. The lowest BCUT2D eigenvalue weighted by atomic mass is 9.99. The highest BCUT2D eigenvalue weighted by atomic mass is 32.2. The minimum Gasteiger partial charge on any atom is -0.343 e. The molecular formula is C16H20N2O2S.